The van der Waals surface area contributed by atoms with Crippen LogP contribution >= 0.6 is 0 Å². The van der Waals surface area contributed by atoms with Crippen LogP contribution in [0.4, 0.5) is 27.1 Å². The monoisotopic (exact) mass is 757 g/mol. The largest absolute Gasteiger partial charge is 0.437 e. The van der Waals surface area contributed by atoms with E-state index >= 15 is 0 Å². The Kier molecular flexibility index (Phi) is 11.2. The predicted molar refractivity (Wildman–Crippen MR) is 217 cm³/mol. The minimum atomic E-state index is -0.466. The van der Waals surface area contributed by atoms with Gasteiger partial charge < -0.3 is 49.1 Å². The van der Waals surface area contributed by atoms with Crippen LogP contribution in [0.5, 0.6) is 5.75 Å². The van der Waals surface area contributed by atoms with E-state index in [1.165, 1.54) is 22.4 Å². The summed E-state index contributed by atoms with van der Waals surface area (Å²) in [7, 11) is 3.32. The molecule has 4 aliphatic heterocycles. The second-order valence-corrected chi connectivity index (χ2v) is 14.5. The van der Waals surface area contributed by atoms with Crippen molar-refractivity contribution in [3.63, 3.8) is 0 Å². The van der Waals surface area contributed by atoms with Gasteiger partial charge in [-0.1, -0.05) is 12.1 Å². The Balaban J connectivity index is 0.000000127. The number of ether oxygens (including phenoxy) is 1. The molecular formula is C40H52FN9O5. The van der Waals surface area contributed by atoms with Crippen LogP contribution in [-0.4, -0.2) is 93.2 Å². The molecule has 14 nitrogen and oxygen atoms in total. The van der Waals surface area contributed by atoms with Crippen LogP contribution in [0.1, 0.15) is 20.8 Å². The minimum Gasteiger partial charge on any atom is -0.437 e. The molecule has 5 aromatic rings. The zero-order valence-corrected chi connectivity index (χ0v) is 32.4. The summed E-state index contributed by atoms with van der Waals surface area (Å²) in [6.45, 7) is 20.5. The van der Waals surface area contributed by atoms with E-state index < -0.39 is 5.76 Å². The zero-order chi connectivity index (χ0) is 38.8. The molecule has 294 valence electrons. The average molecular weight is 758 g/mol. The highest BCUT2D eigenvalue weighted by Crippen LogP contribution is 2.45. The van der Waals surface area contributed by atoms with E-state index in [0.717, 1.165) is 101 Å². The molecule has 0 bridgehead atoms. The number of aryl methyl sites for hydroxylation is 2. The number of benzene rings is 3. The third-order valence-electron chi connectivity index (χ3n) is 10.6. The van der Waals surface area contributed by atoms with Crippen molar-refractivity contribution in [3.8, 4) is 5.75 Å². The molecule has 6 heterocycles. The fraction of sp³-hybridized carbons (Fsp3) is 0.450. The van der Waals surface area contributed by atoms with E-state index in [4.69, 9.17) is 13.6 Å². The number of nitrogens with zero attached hydrogens (tertiary/aromatic N) is 6. The molecule has 3 N–H and O–H groups in total. The molecule has 0 aliphatic carbocycles. The highest BCUT2D eigenvalue weighted by Gasteiger charge is 2.29. The molecule has 0 radical (unpaired) electrons. The van der Waals surface area contributed by atoms with E-state index in [0.29, 0.717) is 34.5 Å². The van der Waals surface area contributed by atoms with E-state index in [-0.39, 0.29) is 11.6 Å². The first-order valence-electron chi connectivity index (χ1n) is 19.1. The first kappa shape index (κ1) is 38.0. The Morgan fingerprint density at radius 3 is 1.87 bits per heavy atom. The summed E-state index contributed by atoms with van der Waals surface area (Å²) in [4.78, 5) is 32.0. The van der Waals surface area contributed by atoms with Gasteiger partial charge in [-0.2, -0.15) is 0 Å². The number of hydrogen-bond acceptors (Lipinski definition) is 12. The van der Waals surface area contributed by atoms with Gasteiger partial charge in [-0.15, -0.1) is 0 Å². The first-order chi connectivity index (χ1) is 26.5. The Bertz CT molecular complexity index is 2260. The topological polar surface area (TPSA) is 129 Å². The lowest BCUT2D eigenvalue weighted by Crippen LogP contribution is -2.54. The second-order valence-electron chi connectivity index (χ2n) is 14.5. The van der Waals surface area contributed by atoms with Gasteiger partial charge in [0.25, 0.3) is 0 Å². The molecule has 2 atom stereocenters. The lowest BCUT2D eigenvalue weighted by Gasteiger charge is -2.37. The summed E-state index contributed by atoms with van der Waals surface area (Å²) in [5, 5.41) is 10.1. The summed E-state index contributed by atoms with van der Waals surface area (Å²) < 4.78 is 33.0. The molecule has 0 spiro atoms. The van der Waals surface area contributed by atoms with Gasteiger partial charge in [-0.05, 0) is 51.6 Å². The Hall–Kier alpha value is -5.25. The highest BCUT2D eigenvalue weighted by atomic mass is 19.1. The van der Waals surface area contributed by atoms with Gasteiger partial charge in [0.05, 0.1) is 33.8 Å². The average Bonchev–Trinajstić information content (AvgIpc) is 3.79. The van der Waals surface area contributed by atoms with E-state index in [2.05, 4.69) is 76.2 Å². The van der Waals surface area contributed by atoms with Crippen LogP contribution in [0, 0.1) is 5.82 Å². The number of aromatic nitrogens is 2. The Morgan fingerprint density at radius 1 is 0.727 bits per heavy atom. The van der Waals surface area contributed by atoms with Crippen molar-refractivity contribution in [1.82, 2.24) is 25.1 Å². The van der Waals surface area contributed by atoms with Crippen LogP contribution in [0.3, 0.4) is 0 Å². The lowest BCUT2D eigenvalue weighted by atomic mass is 10.1. The molecule has 2 aromatic heterocycles. The molecule has 55 heavy (non-hydrogen) atoms. The maximum Gasteiger partial charge on any atom is 0.419 e. The van der Waals surface area contributed by atoms with Gasteiger partial charge in [-0.3, -0.25) is 9.13 Å². The van der Waals surface area contributed by atoms with Gasteiger partial charge in [-0.25, -0.2) is 14.0 Å². The number of piperazine rings is 3. The van der Waals surface area contributed by atoms with Gasteiger partial charge in [0.2, 0.25) is 0 Å². The number of nitrogens with one attached hydrogen (secondary N) is 3. The van der Waals surface area contributed by atoms with E-state index in [1.807, 2.05) is 23.1 Å². The fourth-order valence-electron chi connectivity index (χ4n) is 7.86. The smallest absolute Gasteiger partial charge is 0.419 e. The van der Waals surface area contributed by atoms with Crippen molar-refractivity contribution in [1.29, 1.82) is 0 Å². The maximum atomic E-state index is 13.6. The van der Waals surface area contributed by atoms with Crippen LogP contribution in [0.25, 0.3) is 22.2 Å². The third kappa shape index (κ3) is 7.82. The first-order valence-corrected chi connectivity index (χ1v) is 19.1. The number of oxazole rings is 2. The van der Waals surface area contributed by atoms with E-state index in [9.17, 15) is 14.0 Å². The van der Waals surface area contributed by atoms with Crippen molar-refractivity contribution in [3.05, 3.63) is 87.9 Å². The SMILES string of the molecule is C=C1Oc2c(N3CCNCC3)cccc2N1CC.C[C@@H]1CN(c2cccc3c2oc(=O)n3C)C[C@H](C)N1.Cn1c(=O)oc2c(N3CCNCC3)cc(F)cc21. The molecule has 3 aromatic carbocycles. The summed E-state index contributed by atoms with van der Waals surface area (Å²) in [6.07, 6.45) is 0. The summed E-state index contributed by atoms with van der Waals surface area (Å²) in [6, 6.07) is 15.9. The molecular weight excluding hydrogens is 705 g/mol. The van der Waals surface area contributed by atoms with Crippen molar-refractivity contribution in [2.45, 2.75) is 32.9 Å². The summed E-state index contributed by atoms with van der Waals surface area (Å²) in [5.41, 5.74) is 6.49. The Morgan fingerprint density at radius 2 is 1.25 bits per heavy atom. The predicted octanol–water partition coefficient (Wildman–Crippen LogP) is 3.78. The van der Waals surface area contributed by atoms with Gasteiger partial charge in [0.1, 0.15) is 5.82 Å². The molecule has 3 fully saturated rings. The standard InChI is InChI=1S/C14H19N3O2.C14H19N3O.C12H14FN3O2/c1-9-7-17(8-10(2)15-9)12-6-4-5-11-13(12)19-14(18)16(11)3;1-3-17-11(2)18-14-12(5-4-6-13(14)17)16-9-7-15-8-10-16;1-15-9-6-8(13)7-10(11(9)18-12(15)17)16-4-2-14-3-5-16/h4-6,9-10,15H,7-8H2,1-3H3;4-6,15H,2-3,7-10H2,1H3;6-7,14H,2-5H2,1H3/t9-,10+;;. The summed E-state index contributed by atoms with van der Waals surface area (Å²) >= 11 is 0. The molecule has 0 amide bonds. The van der Waals surface area contributed by atoms with Crippen LogP contribution in [-0.2, 0) is 14.1 Å². The molecule has 0 unspecified atom stereocenters. The fourth-order valence-corrected chi connectivity index (χ4v) is 7.86. The van der Waals surface area contributed by atoms with Gasteiger partial charge in [0, 0.05) is 110 Å². The molecule has 9 rings (SSSR count). The van der Waals surface area contributed by atoms with Crippen molar-refractivity contribution >= 4 is 44.9 Å². The van der Waals surface area contributed by atoms with Crippen LogP contribution in [0.2, 0.25) is 0 Å². The van der Waals surface area contributed by atoms with Crippen molar-refractivity contribution in [2.24, 2.45) is 14.1 Å². The molecule has 0 saturated carbocycles. The zero-order valence-electron chi connectivity index (χ0n) is 32.4. The number of para-hydroxylation sites is 2. The third-order valence-corrected chi connectivity index (χ3v) is 10.6. The van der Waals surface area contributed by atoms with E-state index in [1.54, 1.807) is 18.7 Å². The maximum absolute atomic E-state index is 13.6. The number of rotatable bonds is 4. The van der Waals surface area contributed by atoms with Gasteiger partial charge >= 0.3 is 11.5 Å². The normalized spacial score (nSPS) is 19.9. The quantitative estimate of drug-likeness (QED) is 0.247. The van der Waals surface area contributed by atoms with Crippen molar-refractivity contribution in [2.75, 3.05) is 91.6 Å². The summed E-state index contributed by atoms with van der Waals surface area (Å²) in [5.74, 6) is 0.569. The van der Waals surface area contributed by atoms with Crippen LogP contribution in [0.15, 0.2) is 79.4 Å². The second kappa shape index (κ2) is 16.2. The number of fused-ring (bicyclic) bond motifs is 3. The van der Waals surface area contributed by atoms with Crippen molar-refractivity contribution < 1.29 is 18.0 Å². The van der Waals surface area contributed by atoms with Gasteiger partial charge in [0.15, 0.2) is 22.8 Å². The highest BCUT2D eigenvalue weighted by molar-refractivity contribution is 5.88. The number of halogens is 1. The molecule has 3 saturated heterocycles. The lowest BCUT2D eigenvalue weighted by molar-refractivity contribution is 0.406. The number of hydrogen-bond donors (Lipinski definition) is 3. The number of anilines is 4. The Labute approximate surface area is 319 Å². The molecule has 15 heteroatoms. The minimum absolute atomic E-state index is 0.307. The van der Waals surface area contributed by atoms with Crippen LogP contribution < -0.4 is 51.8 Å². The molecule has 4 aliphatic rings.